The molecule has 114 valence electrons. The van der Waals surface area contributed by atoms with E-state index >= 15 is 0 Å². The van der Waals surface area contributed by atoms with Gasteiger partial charge in [0.2, 0.25) is 0 Å². The summed E-state index contributed by atoms with van der Waals surface area (Å²) in [4.78, 5) is 0. The third kappa shape index (κ3) is 6.27. The van der Waals surface area contributed by atoms with Crippen molar-refractivity contribution in [3.05, 3.63) is 35.9 Å². The lowest BCUT2D eigenvalue weighted by Crippen LogP contribution is -2.52. The molecule has 0 aliphatic heterocycles. The van der Waals surface area contributed by atoms with Crippen LogP contribution in [-0.2, 0) is 6.42 Å². The van der Waals surface area contributed by atoms with E-state index in [0.717, 1.165) is 13.0 Å². The minimum Gasteiger partial charge on any atom is -0.361 e. The number of benzene rings is 1. The van der Waals surface area contributed by atoms with Crippen LogP contribution in [-0.4, -0.2) is 22.8 Å². The van der Waals surface area contributed by atoms with E-state index in [1.54, 1.807) is 0 Å². The number of hydrazine groups is 1. The van der Waals surface area contributed by atoms with Crippen LogP contribution < -0.4 is 21.5 Å². The average molecular weight is 323 g/mol. The molecule has 0 saturated heterocycles. The van der Waals surface area contributed by atoms with Crippen LogP contribution in [0.25, 0.3) is 0 Å². The molecule has 0 spiro atoms. The van der Waals surface area contributed by atoms with Crippen LogP contribution in [0, 0.1) is 0 Å². The summed E-state index contributed by atoms with van der Waals surface area (Å²) in [6.45, 7) is 0.792. The van der Waals surface area contributed by atoms with Crippen molar-refractivity contribution in [2.75, 3.05) is 6.54 Å². The lowest BCUT2D eigenvalue weighted by molar-refractivity contribution is 0.617. The zero-order valence-corrected chi connectivity index (χ0v) is 13.7. The van der Waals surface area contributed by atoms with Crippen LogP contribution in [0.1, 0.15) is 31.2 Å². The zero-order valence-electron chi connectivity index (χ0n) is 12.0. The Morgan fingerprint density at radius 1 is 1.00 bits per heavy atom. The van der Waals surface area contributed by atoms with Crippen molar-refractivity contribution < 1.29 is 0 Å². The summed E-state index contributed by atoms with van der Waals surface area (Å²) >= 11 is 10.4. The Morgan fingerprint density at radius 2 is 1.67 bits per heavy atom. The van der Waals surface area contributed by atoms with Crippen LogP contribution in [0.2, 0.25) is 0 Å². The van der Waals surface area contributed by atoms with Crippen molar-refractivity contribution in [2.24, 2.45) is 0 Å². The Balaban J connectivity index is 1.55. The molecule has 1 aliphatic rings. The molecule has 0 heterocycles. The van der Waals surface area contributed by atoms with Gasteiger partial charge in [-0.3, -0.25) is 10.9 Å². The highest BCUT2D eigenvalue weighted by Gasteiger charge is 2.15. The zero-order chi connectivity index (χ0) is 14.9. The lowest BCUT2D eigenvalue weighted by Gasteiger charge is -2.17. The second kappa shape index (κ2) is 8.79. The second-order valence-electron chi connectivity index (χ2n) is 5.20. The average Bonchev–Trinajstić information content (AvgIpc) is 2.99. The first-order valence-corrected chi connectivity index (χ1v) is 8.20. The van der Waals surface area contributed by atoms with Gasteiger partial charge in [-0.1, -0.05) is 43.2 Å². The molecule has 2 rings (SSSR count). The molecule has 1 aliphatic carbocycles. The number of nitrogens with one attached hydrogen (secondary N) is 4. The third-order valence-electron chi connectivity index (χ3n) is 3.52. The van der Waals surface area contributed by atoms with Gasteiger partial charge in [0, 0.05) is 12.6 Å². The molecule has 4 nitrogen and oxygen atoms in total. The number of hydrogen-bond donors (Lipinski definition) is 4. The quantitative estimate of drug-likeness (QED) is 0.503. The first-order valence-electron chi connectivity index (χ1n) is 7.38. The maximum absolute atomic E-state index is 5.23. The summed E-state index contributed by atoms with van der Waals surface area (Å²) in [6.07, 6.45) is 5.90. The smallest absolute Gasteiger partial charge is 0.185 e. The highest BCUT2D eigenvalue weighted by Crippen LogP contribution is 2.17. The van der Waals surface area contributed by atoms with Crippen molar-refractivity contribution in [1.29, 1.82) is 0 Å². The fraction of sp³-hybridized carbons (Fsp3) is 0.467. The van der Waals surface area contributed by atoms with Gasteiger partial charge in [-0.2, -0.15) is 0 Å². The maximum Gasteiger partial charge on any atom is 0.185 e. The molecule has 0 aromatic heterocycles. The van der Waals surface area contributed by atoms with Gasteiger partial charge in [0.05, 0.1) is 0 Å². The molecule has 0 amide bonds. The van der Waals surface area contributed by atoms with Gasteiger partial charge in [0.15, 0.2) is 10.2 Å². The first-order chi connectivity index (χ1) is 10.2. The Bertz CT molecular complexity index is 458. The van der Waals surface area contributed by atoms with Crippen LogP contribution >= 0.6 is 24.4 Å². The van der Waals surface area contributed by atoms with E-state index in [9.17, 15) is 0 Å². The van der Waals surface area contributed by atoms with Gasteiger partial charge in [-0.15, -0.1) is 0 Å². The Morgan fingerprint density at radius 3 is 2.38 bits per heavy atom. The van der Waals surface area contributed by atoms with Crippen LogP contribution in [0.3, 0.4) is 0 Å². The van der Waals surface area contributed by atoms with E-state index in [0.29, 0.717) is 16.3 Å². The highest BCUT2D eigenvalue weighted by atomic mass is 32.1. The summed E-state index contributed by atoms with van der Waals surface area (Å²) in [5, 5.41) is 7.60. The molecule has 1 saturated carbocycles. The van der Waals surface area contributed by atoms with Crippen LogP contribution in [0.4, 0.5) is 0 Å². The van der Waals surface area contributed by atoms with E-state index in [-0.39, 0.29) is 0 Å². The van der Waals surface area contributed by atoms with Gasteiger partial charge in [0.25, 0.3) is 0 Å². The summed E-state index contributed by atoms with van der Waals surface area (Å²) in [6, 6.07) is 10.8. The molecule has 0 unspecified atom stereocenters. The predicted octanol–water partition coefficient (Wildman–Crippen LogP) is 2.01. The number of rotatable bonds is 4. The molecule has 4 N–H and O–H groups in total. The molecule has 1 aromatic carbocycles. The third-order valence-corrected chi connectivity index (χ3v) is 3.99. The molecule has 21 heavy (non-hydrogen) atoms. The van der Waals surface area contributed by atoms with E-state index in [2.05, 4.69) is 33.6 Å². The minimum atomic E-state index is 0.506. The predicted molar refractivity (Wildman–Crippen MR) is 95.0 cm³/mol. The second-order valence-corrected chi connectivity index (χ2v) is 6.01. The molecule has 1 fully saturated rings. The van der Waals surface area contributed by atoms with Crippen molar-refractivity contribution in [2.45, 2.75) is 38.1 Å². The Hall–Kier alpha value is -1.40. The van der Waals surface area contributed by atoms with E-state index in [4.69, 9.17) is 24.4 Å². The first kappa shape index (κ1) is 16.0. The standard InChI is InChI=1S/C15H22N4S2/c20-14(16-11-10-12-6-2-1-3-7-12)18-19-15(21)17-13-8-4-5-9-13/h1-3,6-7,13H,4-5,8-11H2,(H2,16,18,20)(H2,17,19,21). The normalized spacial score (nSPS) is 14.5. The van der Waals surface area contributed by atoms with Crippen LogP contribution in [0.5, 0.6) is 0 Å². The molecule has 0 bridgehead atoms. The van der Waals surface area contributed by atoms with Gasteiger partial charge in [-0.05, 0) is 49.3 Å². The summed E-state index contributed by atoms with van der Waals surface area (Å²) in [7, 11) is 0. The lowest BCUT2D eigenvalue weighted by atomic mass is 10.1. The Labute approximate surface area is 137 Å². The van der Waals surface area contributed by atoms with Crippen molar-refractivity contribution >= 4 is 34.7 Å². The highest BCUT2D eigenvalue weighted by molar-refractivity contribution is 7.80. The van der Waals surface area contributed by atoms with Crippen molar-refractivity contribution in [3.63, 3.8) is 0 Å². The van der Waals surface area contributed by atoms with E-state index in [1.807, 2.05) is 18.2 Å². The summed E-state index contributed by atoms with van der Waals surface area (Å²) in [5.41, 5.74) is 7.12. The van der Waals surface area contributed by atoms with Gasteiger partial charge in [0.1, 0.15) is 0 Å². The monoisotopic (exact) mass is 322 g/mol. The van der Waals surface area contributed by atoms with Gasteiger partial charge in [-0.25, -0.2) is 0 Å². The van der Waals surface area contributed by atoms with Crippen molar-refractivity contribution in [1.82, 2.24) is 21.5 Å². The molecule has 0 radical (unpaired) electrons. The van der Waals surface area contributed by atoms with E-state index < -0.39 is 0 Å². The van der Waals surface area contributed by atoms with E-state index in [1.165, 1.54) is 31.2 Å². The number of thiocarbonyl (C=S) groups is 2. The molecule has 6 heteroatoms. The summed E-state index contributed by atoms with van der Waals surface area (Å²) < 4.78 is 0. The van der Waals surface area contributed by atoms with Crippen molar-refractivity contribution in [3.8, 4) is 0 Å². The maximum atomic E-state index is 5.23. The van der Waals surface area contributed by atoms with Crippen LogP contribution in [0.15, 0.2) is 30.3 Å². The molecular weight excluding hydrogens is 300 g/mol. The molecule has 1 aromatic rings. The topological polar surface area (TPSA) is 48.1 Å². The Kier molecular flexibility index (Phi) is 6.69. The summed E-state index contributed by atoms with van der Waals surface area (Å²) in [5.74, 6) is 0. The molecular formula is C15H22N4S2. The molecule has 0 atom stereocenters. The SMILES string of the molecule is S=C(NCCc1ccccc1)NNC(=S)NC1CCCC1. The number of hydrogen-bond acceptors (Lipinski definition) is 2. The minimum absolute atomic E-state index is 0.506. The van der Waals surface area contributed by atoms with Gasteiger partial charge >= 0.3 is 0 Å². The fourth-order valence-corrected chi connectivity index (χ4v) is 2.79. The fourth-order valence-electron chi connectivity index (χ4n) is 2.41. The largest absolute Gasteiger partial charge is 0.361 e. The van der Waals surface area contributed by atoms with Gasteiger partial charge < -0.3 is 10.6 Å².